The fourth-order valence-electron chi connectivity index (χ4n) is 4.55. The number of anilines is 2. The van der Waals surface area contributed by atoms with Crippen molar-refractivity contribution in [3.63, 3.8) is 0 Å². The molecule has 0 aliphatic carbocycles. The number of hydrogen-bond acceptors (Lipinski definition) is 7. The van der Waals surface area contributed by atoms with Crippen LogP contribution >= 0.6 is 0 Å². The molecule has 0 saturated carbocycles. The lowest BCUT2D eigenvalue weighted by atomic mass is 9.99. The molecule has 0 atom stereocenters. The molecular weight excluding hydrogens is 528 g/mol. The number of aromatic nitrogens is 1. The summed E-state index contributed by atoms with van der Waals surface area (Å²) in [6.45, 7) is 1.97. The second kappa shape index (κ2) is 11.5. The fraction of sp³-hybridized carbons (Fsp3) is 0.167. The van der Waals surface area contributed by atoms with Crippen molar-refractivity contribution in [3.8, 4) is 22.9 Å². The number of hydrogen-bond donors (Lipinski definition) is 3. The molecule has 4 N–H and O–H groups in total. The quantitative estimate of drug-likeness (QED) is 0.270. The number of H-pyrrole nitrogens is 1. The van der Waals surface area contributed by atoms with Crippen LogP contribution in [0.2, 0.25) is 0 Å². The number of rotatable bonds is 9. The van der Waals surface area contributed by atoms with Crippen LogP contribution in [0.4, 0.5) is 11.4 Å². The molecule has 4 rings (SSSR count). The van der Waals surface area contributed by atoms with E-state index in [1.807, 2.05) is 6.92 Å². The Morgan fingerprint density at radius 2 is 1.77 bits per heavy atom. The summed E-state index contributed by atoms with van der Waals surface area (Å²) < 4.78 is 27.4. The molecule has 0 aliphatic rings. The third-order valence-electron chi connectivity index (χ3n) is 6.61. The molecule has 40 heavy (non-hydrogen) atoms. The lowest BCUT2D eigenvalue weighted by Gasteiger charge is -2.25. The molecular formula is C30H28N4O5S. The van der Waals surface area contributed by atoms with Gasteiger partial charge in [-0.3, -0.25) is 9.59 Å². The number of nitrogens with two attached hydrogens (primary N) is 1. The molecule has 0 fully saturated rings. The number of nitrogens with zero attached hydrogens (tertiary/aromatic N) is 2. The molecule has 1 heterocycles. The number of amides is 1. The SMILES string of the molecule is CCCCc1[nH]c(=O)c(S(=O)(=O)c2ccc(-c3ccccc3C(N)=O)cc2)c(O)c1N(C)c1cccc(C#N)c1. The lowest BCUT2D eigenvalue weighted by Crippen LogP contribution is -2.24. The molecule has 10 heteroatoms. The molecule has 0 aliphatic heterocycles. The van der Waals surface area contributed by atoms with Crippen LogP contribution in [0.1, 0.15) is 41.4 Å². The van der Waals surface area contributed by atoms with Crippen LogP contribution in [0.3, 0.4) is 0 Å². The van der Waals surface area contributed by atoms with Crippen LogP contribution in [0.25, 0.3) is 11.1 Å². The Kier molecular flexibility index (Phi) is 8.07. The largest absolute Gasteiger partial charge is 0.504 e. The first-order valence-electron chi connectivity index (χ1n) is 12.6. The maximum Gasteiger partial charge on any atom is 0.271 e. The van der Waals surface area contributed by atoms with Gasteiger partial charge in [-0.2, -0.15) is 5.26 Å². The normalized spacial score (nSPS) is 11.1. The number of nitriles is 1. The highest BCUT2D eigenvalue weighted by atomic mass is 32.2. The van der Waals surface area contributed by atoms with E-state index in [1.165, 1.54) is 24.3 Å². The van der Waals surface area contributed by atoms with E-state index in [-0.39, 0.29) is 16.1 Å². The minimum Gasteiger partial charge on any atom is -0.504 e. The van der Waals surface area contributed by atoms with Gasteiger partial charge in [0.2, 0.25) is 15.7 Å². The number of benzene rings is 3. The molecule has 0 bridgehead atoms. The molecule has 204 valence electrons. The Morgan fingerprint density at radius 3 is 2.42 bits per heavy atom. The molecule has 1 aromatic heterocycles. The highest BCUT2D eigenvalue weighted by molar-refractivity contribution is 7.91. The first-order chi connectivity index (χ1) is 19.1. The Labute approximate surface area is 232 Å². The fourth-order valence-corrected chi connectivity index (χ4v) is 5.93. The minimum atomic E-state index is -4.48. The Hall–Kier alpha value is -4.88. The number of nitrogens with one attached hydrogen (secondary N) is 1. The summed E-state index contributed by atoms with van der Waals surface area (Å²) in [5, 5.41) is 20.7. The zero-order valence-electron chi connectivity index (χ0n) is 22.0. The van der Waals surface area contributed by atoms with Gasteiger partial charge in [-0.25, -0.2) is 8.42 Å². The van der Waals surface area contributed by atoms with E-state index in [9.17, 15) is 28.4 Å². The summed E-state index contributed by atoms with van der Waals surface area (Å²) in [7, 11) is -2.85. The van der Waals surface area contributed by atoms with Crippen LogP contribution in [0.15, 0.2) is 87.4 Å². The van der Waals surface area contributed by atoms with E-state index >= 15 is 0 Å². The summed E-state index contributed by atoms with van der Waals surface area (Å²) in [4.78, 5) is 28.2. The topological polar surface area (TPSA) is 157 Å². The minimum absolute atomic E-state index is 0.133. The third-order valence-corrected chi connectivity index (χ3v) is 8.42. The smallest absolute Gasteiger partial charge is 0.271 e. The molecule has 0 unspecified atom stereocenters. The average molecular weight is 557 g/mol. The van der Waals surface area contributed by atoms with E-state index in [2.05, 4.69) is 11.1 Å². The molecule has 0 spiro atoms. The summed E-state index contributed by atoms with van der Waals surface area (Å²) >= 11 is 0. The molecule has 4 aromatic rings. The monoisotopic (exact) mass is 556 g/mol. The summed E-state index contributed by atoms with van der Waals surface area (Å²) in [5.74, 6) is -1.30. The van der Waals surface area contributed by atoms with Crippen molar-refractivity contribution in [2.75, 3.05) is 11.9 Å². The number of carbonyl (C=O) groups is 1. The van der Waals surface area contributed by atoms with Crippen molar-refractivity contribution >= 4 is 27.1 Å². The van der Waals surface area contributed by atoms with Crippen molar-refractivity contribution in [2.24, 2.45) is 5.73 Å². The van der Waals surface area contributed by atoms with Crippen molar-refractivity contribution < 1.29 is 18.3 Å². The van der Waals surface area contributed by atoms with Gasteiger partial charge in [-0.05, 0) is 60.4 Å². The number of pyridine rings is 1. The maximum atomic E-state index is 13.7. The van der Waals surface area contributed by atoms with Gasteiger partial charge >= 0.3 is 0 Å². The van der Waals surface area contributed by atoms with Gasteiger partial charge in [0.15, 0.2) is 10.6 Å². The molecule has 1 amide bonds. The summed E-state index contributed by atoms with van der Waals surface area (Å²) in [6, 6.07) is 21.0. The first kappa shape index (κ1) is 28.1. The predicted molar refractivity (Wildman–Crippen MR) is 152 cm³/mol. The highest BCUT2D eigenvalue weighted by Crippen LogP contribution is 2.40. The second-order valence-corrected chi connectivity index (χ2v) is 11.1. The predicted octanol–water partition coefficient (Wildman–Crippen LogP) is 4.66. The molecule has 3 aromatic carbocycles. The van der Waals surface area contributed by atoms with E-state index in [1.54, 1.807) is 60.5 Å². The number of aromatic amines is 1. The van der Waals surface area contributed by atoms with Crippen LogP contribution in [0, 0.1) is 11.3 Å². The van der Waals surface area contributed by atoms with Crippen LogP contribution < -0.4 is 16.2 Å². The zero-order chi connectivity index (χ0) is 29.0. The Morgan fingerprint density at radius 1 is 1.07 bits per heavy atom. The van der Waals surface area contributed by atoms with Gasteiger partial charge in [0.05, 0.1) is 16.5 Å². The Balaban J connectivity index is 1.85. The van der Waals surface area contributed by atoms with Crippen LogP contribution in [-0.4, -0.2) is 31.5 Å². The zero-order valence-corrected chi connectivity index (χ0v) is 22.8. The van der Waals surface area contributed by atoms with E-state index < -0.39 is 31.9 Å². The van der Waals surface area contributed by atoms with E-state index in [0.717, 1.165) is 6.42 Å². The molecule has 9 nitrogen and oxygen atoms in total. The van der Waals surface area contributed by atoms with Gasteiger partial charge in [0, 0.05) is 24.0 Å². The van der Waals surface area contributed by atoms with Crippen molar-refractivity contribution in [3.05, 3.63) is 100.0 Å². The lowest BCUT2D eigenvalue weighted by molar-refractivity contribution is 0.100. The molecule has 0 saturated heterocycles. The summed E-state index contributed by atoms with van der Waals surface area (Å²) in [6.07, 6.45) is 1.89. The average Bonchev–Trinajstić information content (AvgIpc) is 2.95. The number of primary amides is 1. The molecule has 0 radical (unpaired) electrons. The van der Waals surface area contributed by atoms with Crippen molar-refractivity contribution in [1.29, 1.82) is 5.26 Å². The second-order valence-electron chi connectivity index (χ2n) is 9.22. The number of sulfone groups is 1. The number of unbranched alkanes of at least 4 members (excludes halogenated alkanes) is 1. The summed E-state index contributed by atoms with van der Waals surface area (Å²) in [5.41, 5.74) is 7.34. The third kappa shape index (κ3) is 5.32. The number of aryl methyl sites for hydroxylation is 1. The van der Waals surface area contributed by atoms with Crippen molar-refractivity contribution in [2.45, 2.75) is 36.0 Å². The van der Waals surface area contributed by atoms with Crippen LogP contribution in [0.5, 0.6) is 5.75 Å². The van der Waals surface area contributed by atoms with E-state index in [0.29, 0.717) is 40.9 Å². The van der Waals surface area contributed by atoms with Gasteiger partial charge < -0.3 is 20.7 Å². The van der Waals surface area contributed by atoms with Crippen LogP contribution in [-0.2, 0) is 16.3 Å². The number of aromatic hydroxyl groups is 1. The standard InChI is InChI=1S/C30H28N4O5S/c1-3-4-12-25-26(34(2)21-9-7-8-19(17-21)18-31)27(35)28(30(37)33-25)40(38,39)22-15-13-20(14-16-22)23-10-5-6-11-24(23)29(32)36/h5-11,13-17H,3-4,12H2,1-2H3,(H2,32,36)(H2,33,35,37). The highest BCUT2D eigenvalue weighted by Gasteiger charge is 2.31. The number of carbonyl (C=O) groups excluding carboxylic acids is 1. The van der Waals surface area contributed by atoms with Gasteiger partial charge in [0.1, 0.15) is 5.69 Å². The van der Waals surface area contributed by atoms with Gasteiger partial charge in [-0.15, -0.1) is 0 Å². The Bertz CT molecular complexity index is 1790. The van der Waals surface area contributed by atoms with Crippen molar-refractivity contribution in [1.82, 2.24) is 4.98 Å². The van der Waals surface area contributed by atoms with Gasteiger partial charge in [-0.1, -0.05) is 49.7 Å². The van der Waals surface area contributed by atoms with E-state index in [4.69, 9.17) is 5.73 Å². The maximum absolute atomic E-state index is 13.7. The first-order valence-corrected chi connectivity index (χ1v) is 14.0. The van der Waals surface area contributed by atoms with Gasteiger partial charge in [0.25, 0.3) is 5.56 Å².